The molecule has 200 valence electrons. The van der Waals surface area contributed by atoms with E-state index in [0.29, 0.717) is 35.3 Å². The fourth-order valence-corrected chi connectivity index (χ4v) is 4.65. The molecule has 0 atom stereocenters. The highest BCUT2D eigenvalue weighted by atomic mass is 19.4. The Bertz CT molecular complexity index is 1170. The van der Waals surface area contributed by atoms with Crippen LogP contribution < -0.4 is 25.6 Å². The number of alkyl halides is 3. The van der Waals surface area contributed by atoms with E-state index < -0.39 is 17.6 Å². The Morgan fingerprint density at radius 1 is 1.22 bits per heavy atom. The van der Waals surface area contributed by atoms with Crippen LogP contribution in [0.2, 0.25) is 0 Å². The first-order valence-electron chi connectivity index (χ1n) is 11.9. The minimum absolute atomic E-state index is 0.0323. The molecule has 0 saturated heterocycles. The average Bonchev–Trinajstić information content (AvgIpc) is 2.78. The smallest absolute Gasteiger partial charge is 0.421 e. The molecule has 1 aromatic carbocycles. The monoisotopic (exact) mass is 519 g/mol. The Morgan fingerprint density at radius 2 is 1.92 bits per heavy atom. The first-order valence-corrected chi connectivity index (χ1v) is 11.9. The van der Waals surface area contributed by atoms with Crippen molar-refractivity contribution < 1.29 is 22.7 Å². The zero-order valence-electron chi connectivity index (χ0n) is 21.4. The molecule has 3 saturated carbocycles. The van der Waals surface area contributed by atoms with E-state index in [2.05, 4.69) is 32.5 Å². The van der Waals surface area contributed by atoms with Crippen LogP contribution >= 0.6 is 0 Å². The number of likely N-dealkylation sites (N-methyl/N-ethyl adjacent to an activating group) is 2. The number of benzene rings is 1. The molecule has 0 spiro atoms. The number of carbonyl (C=O) groups is 1. The van der Waals surface area contributed by atoms with Crippen LogP contribution in [0, 0.1) is 5.92 Å². The maximum atomic E-state index is 13.7. The van der Waals surface area contributed by atoms with E-state index in [9.17, 15) is 18.0 Å². The third-order valence-corrected chi connectivity index (χ3v) is 6.82. The summed E-state index contributed by atoms with van der Waals surface area (Å²) >= 11 is 0. The lowest BCUT2D eigenvalue weighted by Gasteiger charge is -2.62. The Kier molecular flexibility index (Phi) is 7.22. The first-order chi connectivity index (χ1) is 17.4. The van der Waals surface area contributed by atoms with E-state index in [1.165, 1.54) is 7.11 Å². The van der Waals surface area contributed by atoms with Crippen LogP contribution in [0.1, 0.15) is 24.8 Å². The Morgan fingerprint density at radius 3 is 2.46 bits per heavy atom. The van der Waals surface area contributed by atoms with Gasteiger partial charge in [-0.2, -0.15) is 18.2 Å². The second-order valence-electron chi connectivity index (χ2n) is 9.95. The fourth-order valence-electron chi connectivity index (χ4n) is 4.65. The van der Waals surface area contributed by atoms with E-state index >= 15 is 0 Å². The van der Waals surface area contributed by atoms with Crippen molar-refractivity contribution in [1.82, 2.24) is 14.9 Å². The number of carbonyl (C=O) groups excluding carboxylic acids is 1. The van der Waals surface area contributed by atoms with Crippen molar-refractivity contribution in [2.75, 3.05) is 62.2 Å². The van der Waals surface area contributed by atoms with Crippen molar-refractivity contribution in [2.24, 2.45) is 5.92 Å². The second kappa shape index (κ2) is 10.1. The van der Waals surface area contributed by atoms with E-state index in [-0.39, 0.29) is 17.3 Å². The number of amides is 1. The first kappa shape index (κ1) is 26.5. The standard InChI is InChI=1S/C25H32F3N7O2/c1-6-21(36)30-17-9-18(20(37-5)10-19(17)35(4)8-7-34(2)3)31-23-29-14-16(25(26,27)28)22(32-23)33-24-11-15(12-24)13-24/h6,9-10,14-15H,1,7-8,11-13H2,2-5H3,(H,30,36)(H2,29,31,32,33). The SMILES string of the molecule is C=CC(=O)Nc1cc(Nc2ncc(C(F)(F)F)c(NC34CC(C3)C4)n2)c(OC)cc1N(C)CCN(C)C. The zero-order valence-corrected chi connectivity index (χ0v) is 21.4. The average molecular weight is 520 g/mol. The summed E-state index contributed by atoms with van der Waals surface area (Å²) in [4.78, 5) is 24.2. The second-order valence-corrected chi connectivity index (χ2v) is 9.95. The summed E-state index contributed by atoms with van der Waals surface area (Å²) in [5.41, 5.74) is 0.316. The van der Waals surface area contributed by atoms with Gasteiger partial charge in [0.2, 0.25) is 11.9 Å². The molecule has 1 heterocycles. The number of rotatable bonds is 11. The molecule has 0 radical (unpaired) electrons. The van der Waals surface area contributed by atoms with E-state index in [1.807, 2.05) is 30.9 Å². The van der Waals surface area contributed by atoms with Crippen LogP contribution in [0.3, 0.4) is 0 Å². The Hall–Kier alpha value is -3.54. The normalized spacial score (nSPS) is 19.9. The Balaban J connectivity index is 1.67. The van der Waals surface area contributed by atoms with Crippen molar-refractivity contribution in [1.29, 1.82) is 0 Å². The van der Waals surface area contributed by atoms with Crippen LogP contribution in [-0.2, 0) is 11.0 Å². The highest BCUT2D eigenvalue weighted by Gasteiger charge is 2.57. The molecule has 3 N–H and O–H groups in total. The van der Waals surface area contributed by atoms with Gasteiger partial charge in [-0.25, -0.2) is 4.98 Å². The van der Waals surface area contributed by atoms with Crippen molar-refractivity contribution in [3.05, 3.63) is 36.5 Å². The molecular weight excluding hydrogens is 487 g/mol. The third-order valence-electron chi connectivity index (χ3n) is 6.82. The van der Waals surface area contributed by atoms with Gasteiger partial charge in [0.05, 0.1) is 24.2 Å². The van der Waals surface area contributed by atoms with Crippen LogP contribution in [-0.4, -0.2) is 67.7 Å². The minimum atomic E-state index is -4.59. The number of nitrogens with zero attached hydrogens (tertiary/aromatic N) is 4. The highest BCUT2D eigenvalue weighted by Crippen LogP contribution is 2.59. The van der Waals surface area contributed by atoms with Crippen molar-refractivity contribution in [2.45, 2.75) is 31.0 Å². The maximum absolute atomic E-state index is 13.7. The van der Waals surface area contributed by atoms with Crippen LogP contribution in [0.15, 0.2) is 31.0 Å². The molecule has 0 unspecified atom stereocenters. The lowest BCUT2D eigenvalue weighted by Crippen LogP contribution is -2.63. The zero-order chi connectivity index (χ0) is 27.0. The molecule has 12 heteroatoms. The predicted molar refractivity (Wildman–Crippen MR) is 138 cm³/mol. The molecule has 1 aromatic heterocycles. The molecule has 0 aliphatic heterocycles. The van der Waals surface area contributed by atoms with Gasteiger partial charge in [0, 0.05) is 37.9 Å². The van der Waals surface area contributed by atoms with Crippen LogP contribution in [0.25, 0.3) is 0 Å². The van der Waals surface area contributed by atoms with Crippen LogP contribution in [0.5, 0.6) is 5.75 Å². The summed E-state index contributed by atoms with van der Waals surface area (Å²) in [7, 11) is 7.29. The number of methoxy groups -OCH3 is 1. The number of nitrogens with one attached hydrogen (secondary N) is 3. The van der Waals surface area contributed by atoms with Gasteiger partial charge in [-0.3, -0.25) is 4.79 Å². The van der Waals surface area contributed by atoms with E-state index in [1.54, 1.807) is 12.1 Å². The van der Waals surface area contributed by atoms with E-state index in [4.69, 9.17) is 4.74 Å². The quantitative estimate of drug-likeness (QED) is 0.378. The molecule has 3 aliphatic rings. The molecule has 3 fully saturated rings. The van der Waals surface area contributed by atoms with Gasteiger partial charge < -0.3 is 30.5 Å². The number of aromatic nitrogens is 2. The fraction of sp³-hybridized carbons (Fsp3) is 0.480. The molecule has 5 rings (SSSR count). The topological polar surface area (TPSA) is 94.6 Å². The molecule has 3 aliphatic carbocycles. The van der Waals surface area contributed by atoms with E-state index in [0.717, 1.165) is 38.1 Å². The third kappa shape index (κ3) is 5.74. The predicted octanol–water partition coefficient (Wildman–Crippen LogP) is 4.33. The van der Waals surface area contributed by atoms with Crippen molar-refractivity contribution in [3.8, 4) is 5.75 Å². The van der Waals surface area contributed by atoms with Gasteiger partial charge in [0.25, 0.3) is 0 Å². The number of hydrogen-bond donors (Lipinski definition) is 3. The summed E-state index contributed by atoms with van der Waals surface area (Å²) < 4.78 is 46.5. The largest absolute Gasteiger partial charge is 0.494 e. The molecule has 2 aromatic rings. The number of ether oxygens (including phenoxy) is 1. The highest BCUT2D eigenvalue weighted by molar-refractivity contribution is 6.02. The van der Waals surface area contributed by atoms with Crippen molar-refractivity contribution in [3.63, 3.8) is 0 Å². The van der Waals surface area contributed by atoms with Crippen molar-refractivity contribution >= 4 is 34.7 Å². The van der Waals surface area contributed by atoms with Gasteiger partial charge in [-0.05, 0) is 51.4 Å². The molecule has 1 amide bonds. The van der Waals surface area contributed by atoms with Crippen LogP contribution in [0.4, 0.5) is 42.0 Å². The molecular formula is C25H32F3N7O2. The number of halogens is 3. The summed E-state index contributed by atoms with van der Waals surface area (Å²) in [6.45, 7) is 4.94. The lowest BCUT2D eigenvalue weighted by atomic mass is 9.50. The summed E-state index contributed by atoms with van der Waals surface area (Å²) in [5, 5.41) is 8.78. The Labute approximate surface area is 214 Å². The number of anilines is 5. The summed E-state index contributed by atoms with van der Waals surface area (Å²) in [6, 6.07) is 3.37. The summed E-state index contributed by atoms with van der Waals surface area (Å²) in [5.74, 6) is 0.302. The summed E-state index contributed by atoms with van der Waals surface area (Å²) in [6.07, 6.45) is -0.120. The van der Waals surface area contributed by atoms with Gasteiger partial charge >= 0.3 is 6.18 Å². The lowest BCUT2D eigenvalue weighted by molar-refractivity contribution is -0.137. The van der Waals surface area contributed by atoms with Gasteiger partial charge in [-0.15, -0.1) is 0 Å². The minimum Gasteiger partial charge on any atom is -0.494 e. The molecule has 2 bridgehead atoms. The number of hydrogen-bond acceptors (Lipinski definition) is 8. The molecule has 37 heavy (non-hydrogen) atoms. The maximum Gasteiger partial charge on any atom is 0.421 e. The van der Waals surface area contributed by atoms with Gasteiger partial charge in [0.15, 0.2) is 0 Å². The van der Waals surface area contributed by atoms with Gasteiger partial charge in [-0.1, -0.05) is 6.58 Å². The van der Waals surface area contributed by atoms with Gasteiger partial charge in [0.1, 0.15) is 17.1 Å². The molecule has 9 nitrogen and oxygen atoms in total.